The summed E-state index contributed by atoms with van der Waals surface area (Å²) in [6.45, 7) is 11.9. The molecular weight excluding hydrogens is 124 g/mol. The van der Waals surface area contributed by atoms with Crippen LogP contribution >= 0.6 is 0 Å². The van der Waals surface area contributed by atoms with Gasteiger partial charge in [0.15, 0.2) is 0 Å². The highest BCUT2D eigenvalue weighted by molar-refractivity contribution is 6.76. The molecule has 0 radical (unpaired) electrons. The molecule has 0 atom stereocenters. The highest BCUT2D eigenvalue weighted by atomic mass is 28.3. The van der Waals surface area contributed by atoms with Crippen molar-refractivity contribution in [2.24, 2.45) is 5.92 Å². The fraction of sp³-hybridized carbons (Fsp3) is 1.00. The monoisotopic (exact) mass is 146 g/mol. The van der Waals surface area contributed by atoms with Gasteiger partial charge in [-0.05, 0) is 5.92 Å². The van der Waals surface area contributed by atoms with Crippen molar-refractivity contribution < 1.29 is 0 Å². The van der Waals surface area contributed by atoms with E-state index in [-0.39, 0.29) is 7.43 Å². The Hall–Kier alpha value is 0.217. The van der Waals surface area contributed by atoms with Crippen molar-refractivity contribution in [1.82, 2.24) is 0 Å². The first-order chi connectivity index (χ1) is 3.42. The molecule has 0 aromatic carbocycles. The van der Waals surface area contributed by atoms with Crippen molar-refractivity contribution in [3.8, 4) is 0 Å². The van der Waals surface area contributed by atoms with Gasteiger partial charge in [-0.1, -0.05) is 47.0 Å². The molecule has 0 aromatic heterocycles. The van der Waals surface area contributed by atoms with Gasteiger partial charge >= 0.3 is 0 Å². The molecule has 9 heavy (non-hydrogen) atoms. The Labute approximate surface area is 61.7 Å². The molecule has 0 aliphatic carbocycles. The predicted molar refractivity (Wildman–Crippen MR) is 49.7 cm³/mol. The molecule has 0 unspecified atom stereocenters. The van der Waals surface area contributed by atoms with E-state index in [1.807, 2.05) is 0 Å². The maximum atomic E-state index is 2.42. The molecule has 0 fully saturated rings. The fourth-order valence-electron chi connectivity index (χ4n) is 1.22. The molecule has 58 valence electrons. The van der Waals surface area contributed by atoms with E-state index in [1.54, 1.807) is 0 Å². The van der Waals surface area contributed by atoms with Crippen molar-refractivity contribution >= 4 is 8.07 Å². The Balaban J connectivity index is 0. The van der Waals surface area contributed by atoms with E-state index < -0.39 is 8.07 Å². The third-order valence-corrected chi connectivity index (χ3v) is 3.06. The fourth-order valence-corrected chi connectivity index (χ4v) is 3.67. The Kier molecular flexibility index (Phi) is 5.44. The number of rotatable bonds is 2. The van der Waals surface area contributed by atoms with Gasteiger partial charge < -0.3 is 0 Å². The Bertz CT molecular complexity index is 59.5. The van der Waals surface area contributed by atoms with Crippen molar-refractivity contribution in [3.63, 3.8) is 0 Å². The molecule has 0 aliphatic rings. The van der Waals surface area contributed by atoms with Crippen LogP contribution in [0.25, 0.3) is 0 Å². The first-order valence-corrected chi connectivity index (χ1v) is 7.12. The van der Waals surface area contributed by atoms with E-state index in [2.05, 4.69) is 33.5 Å². The number of hydrogen-bond acceptors (Lipinski definition) is 0. The topological polar surface area (TPSA) is 0 Å². The largest absolute Gasteiger partial charge is 0.0776 e. The van der Waals surface area contributed by atoms with Gasteiger partial charge in [0.1, 0.15) is 0 Å². The zero-order valence-electron chi connectivity index (χ0n) is 6.78. The van der Waals surface area contributed by atoms with Gasteiger partial charge in [0.05, 0.1) is 0 Å². The molecule has 0 amide bonds. The standard InChI is InChI=1S/C7H18Si.CH4/c1-7(2)6-8(3,4)5;/h7H,6H2,1-5H3;1H4. The quantitative estimate of drug-likeness (QED) is 0.522. The lowest BCUT2D eigenvalue weighted by Gasteiger charge is -2.17. The summed E-state index contributed by atoms with van der Waals surface area (Å²) < 4.78 is 0. The van der Waals surface area contributed by atoms with Crippen LogP contribution in [0.4, 0.5) is 0 Å². The minimum atomic E-state index is -0.720. The molecule has 0 spiro atoms. The summed E-state index contributed by atoms with van der Waals surface area (Å²) in [6.07, 6.45) is 0. The van der Waals surface area contributed by atoms with E-state index in [0.717, 1.165) is 5.92 Å². The van der Waals surface area contributed by atoms with Gasteiger partial charge in [-0.25, -0.2) is 0 Å². The van der Waals surface area contributed by atoms with Crippen molar-refractivity contribution in [2.75, 3.05) is 0 Å². The average Bonchev–Trinajstić information content (AvgIpc) is 1.21. The lowest BCUT2D eigenvalue weighted by atomic mass is 10.3. The zero-order valence-corrected chi connectivity index (χ0v) is 7.78. The van der Waals surface area contributed by atoms with E-state index in [4.69, 9.17) is 0 Å². The summed E-state index contributed by atoms with van der Waals surface area (Å²) >= 11 is 0. The molecule has 0 heterocycles. The molecule has 0 saturated carbocycles. The van der Waals surface area contributed by atoms with Gasteiger partial charge in [0.2, 0.25) is 0 Å². The Morgan fingerprint density at radius 3 is 1.44 bits per heavy atom. The average molecular weight is 146 g/mol. The van der Waals surface area contributed by atoms with Crippen LogP contribution in [0.2, 0.25) is 25.7 Å². The third-order valence-electron chi connectivity index (χ3n) is 1.02. The minimum absolute atomic E-state index is 0. The maximum absolute atomic E-state index is 2.42. The molecule has 0 nitrogen and oxygen atoms in total. The van der Waals surface area contributed by atoms with Crippen LogP contribution < -0.4 is 0 Å². The summed E-state index contributed by atoms with van der Waals surface area (Å²) in [4.78, 5) is 0. The normalized spacial score (nSPS) is 11.3. The first kappa shape index (κ1) is 11.9. The van der Waals surface area contributed by atoms with Gasteiger partial charge in [-0.2, -0.15) is 0 Å². The smallest absolute Gasteiger partial charge is 0.0445 e. The maximum Gasteiger partial charge on any atom is 0.0445 e. The second-order valence-electron chi connectivity index (χ2n) is 4.16. The zero-order chi connectivity index (χ0) is 6.78. The molecule has 0 aliphatic heterocycles. The molecule has 1 heteroatoms. The molecule has 0 N–H and O–H groups in total. The summed E-state index contributed by atoms with van der Waals surface area (Å²) in [5, 5.41) is 0. The van der Waals surface area contributed by atoms with Crippen LogP contribution in [-0.4, -0.2) is 8.07 Å². The first-order valence-electron chi connectivity index (χ1n) is 3.42. The molecule has 0 aromatic rings. The molecule has 0 bridgehead atoms. The minimum Gasteiger partial charge on any atom is -0.0776 e. The second kappa shape index (κ2) is 4.10. The van der Waals surface area contributed by atoms with E-state index in [9.17, 15) is 0 Å². The SMILES string of the molecule is C.CC(C)C[Si](C)(C)C. The lowest BCUT2D eigenvalue weighted by molar-refractivity contribution is 0.721. The highest BCUT2D eigenvalue weighted by Gasteiger charge is 2.13. The van der Waals surface area contributed by atoms with Crippen LogP contribution in [0.15, 0.2) is 0 Å². The van der Waals surface area contributed by atoms with E-state index >= 15 is 0 Å². The van der Waals surface area contributed by atoms with Gasteiger partial charge in [-0.15, -0.1) is 0 Å². The predicted octanol–water partition coefficient (Wildman–Crippen LogP) is 3.62. The Morgan fingerprint density at radius 1 is 1.11 bits per heavy atom. The summed E-state index contributed by atoms with van der Waals surface area (Å²) in [6, 6.07) is 1.47. The van der Waals surface area contributed by atoms with Crippen molar-refractivity contribution in [2.45, 2.75) is 47.0 Å². The van der Waals surface area contributed by atoms with Crippen LogP contribution in [0.1, 0.15) is 21.3 Å². The lowest BCUT2D eigenvalue weighted by Crippen LogP contribution is -2.21. The van der Waals surface area contributed by atoms with Gasteiger partial charge in [-0.3, -0.25) is 0 Å². The van der Waals surface area contributed by atoms with E-state index in [1.165, 1.54) is 6.04 Å². The summed E-state index contributed by atoms with van der Waals surface area (Å²) in [7, 11) is -0.720. The highest BCUT2D eigenvalue weighted by Crippen LogP contribution is 2.14. The van der Waals surface area contributed by atoms with Crippen molar-refractivity contribution in [3.05, 3.63) is 0 Å². The number of hydrogen-bond donors (Lipinski definition) is 0. The third kappa shape index (κ3) is 11.7. The molecule has 0 rings (SSSR count). The van der Waals surface area contributed by atoms with Crippen LogP contribution in [0.5, 0.6) is 0 Å². The summed E-state index contributed by atoms with van der Waals surface area (Å²) in [5.74, 6) is 0.904. The van der Waals surface area contributed by atoms with Crippen LogP contribution in [0, 0.1) is 5.92 Å². The Morgan fingerprint density at radius 2 is 1.44 bits per heavy atom. The summed E-state index contributed by atoms with van der Waals surface area (Å²) in [5.41, 5.74) is 0. The second-order valence-corrected chi connectivity index (χ2v) is 9.69. The van der Waals surface area contributed by atoms with Crippen LogP contribution in [-0.2, 0) is 0 Å². The van der Waals surface area contributed by atoms with Gasteiger partial charge in [0.25, 0.3) is 0 Å². The molecule has 0 saturated heterocycles. The van der Waals surface area contributed by atoms with Gasteiger partial charge in [0, 0.05) is 8.07 Å². The van der Waals surface area contributed by atoms with E-state index in [0.29, 0.717) is 0 Å². The van der Waals surface area contributed by atoms with Crippen LogP contribution in [0.3, 0.4) is 0 Å². The van der Waals surface area contributed by atoms with Crippen molar-refractivity contribution in [1.29, 1.82) is 0 Å². The molecular formula is C8H22Si.